The second-order valence-electron chi connectivity index (χ2n) is 4.61. The van der Waals surface area contributed by atoms with E-state index in [0.717, 1.165) is 19.3 Å². The molecule has 17 heavy (non-hydrogen) atoms. The monoisotopic (exact) mass is 236 g/mol. The number of aromatic nitrogens is 2. The molecule has 3 N–H and O–H groups in total. The van der Waals surface area contributed by atoms with E-state index in [0.29, 0.717) is 24.7 Å². The molecule has 6 nitrogen and oxygen atoms in total. The lowest BCUT2D eigenvalue weighted by Crippen LogP contribution is -2.51. The van der Waals surface area contributed by atoms with Gasteiger partial charge >= 0.3 is 0 Å². The lowest BCUT2D eigenvalue weighted by molar-refractivity contribution is -0.0447. The van der Waals surface area contributed by atoms with E-state index in [9.17, 15) is 4.79 Å². The summed E-state index contributed by atoms with van der Waals surface area (Å²) in [5, 5.41) is 6.47. The maximum atomic E-state index is 12.3. The van der Waals surface area contributed by atoms with Crippen LogP contribution in [-0.2, 0) is 4.74 Å². The summed E-state index contributed by atoms with van der Waals surface area (Å²) >= 11 is 0. The summed E-state index contributed by atoms with van der Waals surface area (Å²) in [5.41, 5.74) is 5.98. The molecule has 1 aromatic heterocycles. The van der Waals surface area contributed by atoms with Gasteiger partial charge in [-0.1, -0.05) is 0 Å². The van der Waals surface area contributed by atoms with Crippen molar-refractivity contribution in [1.82, 2.24) is 15.1 Å². The molecule has 2 unspecified atom stereocenters. The van der Waals surface area contributed by atoms with E-state index >= 15 is 0 Å². The smallest absolute Gasteiger partial charge is 0.272 e. The topological polar surface area (TPSA) is 84.2 Å². The highest BCUT2D eigenvalue weighted by Gasteiger charge is 2.38. The molecule has 1 saturated heterocycles. The number of ether oxygens (including phenoxy) is 1. The molecule has 0 bridgehead atoms. The number of aromatic amines is 1. The van der Waals surface area contributed by atoms with Gasteiger partial charge in [0.05, 0.1) is 18.8 Å². The van der Waals surface area contributed by atoms with Gasteiger partial charge in [-0.15, -0.1) is 0 Å². The van der Waals surface area contributed by atoms with Gasteiger partial charge in [0.25, 0.3) is 5.91 Å². The van der Waals surface area contributed by atoms with Crippen molar-refractivity contribution in [2.45, 2.75) is 31.4 Å². The van der Waals surface area contributed by atoms with Crippen molar-refractivity contribution in [2.75, 3.05) is 18.9 Å². The number of nitrogen functional groups attached to an aromatic ring is 1. The van der Waals surface area contributed by atoms with Crippen LogP contribution in [0.5, 0.6) is 0 Å². The van der Waals surface area contributed by atoms with Gasteiger partial charge in [0.1, 0.15) is 11.5 Å². The number of nitrogens with zero attached hydrogens (tertiary/aromatic N) is 2. The van der Waals surface area contributed by atoms with Crippen LogP contribution in [0.25, 0.3) is 0 Å². The molecular formula is C11H16N4O2. The van der Waals surface area contributed by atoms with Crippen LogP contribution in [0.2, 0.25) is 0 Å². The van der Waals surface area contributed by atoms with E-state index < -0.39 is 0 Å². The molecule has 2 fully saturated rings. The first-order valence-electron chi connectivity index (χ1n) is 5.99. The first-order valence-corrected chi connectivity index (χ1v) is 5.99. The molecule has 0 aromatic carbocycles. The Bertz CT molecular complexity index is 431. The van der Waals surface area contributed by atoms with Gasteiger partial charge in [-0.3, -0.25) is 9.89 Å². The van der Waals surface area contributed by atoms with Crippen molar-refractivity contribution in [3.05, 3.63) is 11.8 Å². The number of fused-ring (bicyclic) bond motifs is 1. The fourth-order valence-electron chi connectivity index (χ4n) is 2.78. The molecule has 0 spiro atoms. The molecule has 3 rings (SSSR count). The van der Waals surface area contributed by atoms with Crippen LogP contribution in [0, 0.1) is 0 Å². The molecule has 1 aromatic rings. The molecule has 1 aliphatic heterocycles. The highest BCUT2D eigenvalue weighted by atomic mass is 16.5. The van der Waals surface area contributed by atoms with Crippen LogP contribution < -0.4 is 5.73 Å². The fraction of sp³-hybridized carbons (Fsp3) is 0.636. The van der Waals surface area contributed by atoms with Crippen LogP contribution in [0.3, 0.4) is 0 Å². The molecule has 2 aliphatic rings. The standard InChI is InChI=1S/C11H16N4O2/c12-10-6-7(13-14-10)11(16)15-4-5-17-9-3-1-2-8(9)15/h6,8-9H,1-5H2,(H3,12,13,14). The molecule has 6 heteroatoms. The summed E-state index contributed by atoms with van der Waals surface area (Å²) < 4.78 is 5.68. The average Bonchev–Trinajstić information content (AvgIpc) is 2.95. The maximum Gasteiger partial charge on any atom is 0.272 e. The molecule has 1 aliphatic carbocycles. The predicted octanol–water partition coefficient (Wildman–Crippen LogP) is 0.385. The van der Waals surface area contributed by atoms with Crippen LogP contribution in [0.4, 0.5) is 5.82 Å². The minimum absolute atomic E-state index is 0.0191. The third-order valence-corrected chi connectivity index (χ3v) is 3.57. The van der Waals surface area contributed by atoms with E-state index in [1.165, 1.54) is 0 Å². The SMILES string of the molecule is Nc1cc(C(=O)N2CCOC3CCCC32)[nH]n1. The average molecular weight is 236 g/mol. The van der Waals surface area contributed by atoms with Crippen molar-refractivity contribution in [3.63, 3.8) is 0 Å². The molecule has 2 heterocycles. The molecular weight excluding hydrogens is 220 g/mol. The molecule has 92 valence electrons. The molecule has 1 amide bonds. The normalized spacial score (nSPS) is 28.1. The number of nitrogens with two attached hydrogens (primary N) is 1. The first-order chi connectivity index (χ1) is 8.25. The van der Waals surface area contributed by atoms with E-state index in [2.05, 4.69) is 10.2 Å². The highest BCUT2D eigenvalue weighted by Crippen LogP contribution is 2.30. The van der Waals surface area contributed by atoms with E-state index in [1.54, 1.807) is 6.07 Å². The summed E-state index contributed by atoms with van der Waals surface area (Å²) in [6.07, 6.45) is 3.43. The van der Waals surface area contributed by atoms with Gasteiger partial charge in [-0.2, -0.15) is 5.10 Å². The number of carbonyl (C=O) groups excluding carboxylic acids is 1. The number of H-pyrrole nitrogens is 1. The second-order valence-corrected chi connectivity index (χ2v) is 4.61. The summed E-state index contributed by atoms with van der Waals surface area (Å²) in [6.45, 7) is 1.27. The van der Waals surface area contributed by atoms with Crippen LogP contribution in [0.1, 0.15) is 29.8 Å². The van der Waals surface area contributed by atoms with Crippen molar-refractivity contribution in [3.8, 4) is 0 Å². The number of hydrogen-bond donors (Lipinski definition) is 2. The number of amides is 1. The molecule has 0 radical (unpaired) electrons. The summed E-state index contributed by atoms with van der Waals surface area (Å²) in [5.74, 6) is 0.332. The van der Waals surface area contributed by atoms with Gasteiger partial charge < -0.3 is 15.4 Å². The first kappa shape index (κ1) is 10.6. The van der Waals surface area contributed by atoms with Crippen molar-refractivity contribution in [2.24, 2.45) is 0 Å². The lowest BCUT2D eigenvalue weighted by Gasteiger charge is -2.37. The van der Waals surface area contributed by atoms with E-state index in [4.69, 9.17) is 10.5 Å². The summed E-state index contributed by atoms with van der Waals surface area (Å²) in [6, 6.07) is 1.81. The largest absolute Gasteiger partial charge is 0.382 e. The quantitative estimate of drug-likeness (QED) is 0.738. The highest BCUT2D eigenvalue weighted by molar-refractivity contribution is 5.93. The Morgan fingerprint density at radius 1 is 1.59 bits per heavy atom. The van der Waals surface area contributed by atoms with E-state index in [1.807, 2.05) is 4.90 Å². The minimum Gasteiger partial charge on any atom is -0.382 e. The summed E-state index contributed by atoms with van der Waals surface area (Å²) in [4.78, 5) is 14.2. The minimum atomic E-state index is -0.0191. The Morgan fingerprint density at radius 2 is 2.47 bits per heavy atom. The van der Waals surface area contributed by atoms with Crippen molar-refractivity contribution >= 4 is 11.7 Å². The zero-order chi connectivity index (χ0) is 11.8. The number of anilines is 1. The van der Waals surface area contributed by atoms with Crippen LogP contribution in [-0.4, -0.2) is 46.3 Å². The molecule has 1 saturated carbocycles. The molecule has 2 atom stereocenters. The zero-order valence-corrected chi connectivity index (χ0v) is 9.56. The third-order valence-electron chi connectivity index (χ3n) is 3.57. The van der Waals surface area contributed by atoms with Crippen LogP contribution >= 0.6 is 0 Å². The fourth-order valence-corrected chi connectivity index (χ4v) is 2.78. The van der Waals surface area contributed by atoms with Crippen molar-refractivity contribution < 1.29 is 9.53 Å². The Morgan fingerprint density at radius 3 is 3.24 bits per heavy atom. The number of carbonyl (C=O) groups is 1. The second kappa shape index (κ2) is 4.03. The van der Waals surface area contributed by atoms with Gasteiger partial charge in [0.2, 0.25) is 0 Å². The maximum absolute atomic E-state index is 12.3. The van der Waals surface area contributed by atoms with E-state index in [-0.39, 0.29) is 18.1 Å². The number of hydrogen-bond acceptors (Lipinski definition) is 4. The Kier molecular flexibility index (Phi) is 2.51. The number of nitrogens with one attached hydrogen (secondary N) is 1. The predicted molar refractivity (Wildman–Crippen MR) is 61.4 cm³/mol. The van der Waals surface area contributed by atoms with Crippen LogP contribution in [0.15, 0.2) is 6.07 Å². The van der Waals surface area contributed by atoms with Gasteiger partial charge in [-0.25, -0.2) is 0 Å². The lowest BCUT2D eigenvalue weighted by atomic mass is 10.1. The Hall–Kier alpha value is -1.56. The third kappa shape index (κ3) is 1.78. The number of morpholine rings is 1. The zero-order valence-electron chi connectivity index (χ0n) is 9.56. The van der Waals surface area contributed by atoms with Crippen molar-refractivity contribution in [1.29, 1.82) is 0 Å². The van der Waals surface area contributed by atoms with Gasteiger partial charge in [0.15, 0.2) is 0 Å². The number of rotatable bonds is 1. The van der Waals surface area contributed by atoms with Gasteiger partial charge in [0, 0.05) is 12.6 Å². The Labute approximate surface area is 99.1 Å². The summed E-state index contributed by atoms with van der Waals surface area (Å²) in [7, 11) is 0. The van der Waals surface area contributed by atoms with Gasteiger partial charge in [-0.05, 0) is 19.3 Å². The Balaban J connectivity index is 1.81.